The van der Waals surface area contributed by atoms with Crippen molar-refractivity contribution < 1.29 is 9.90 Å². The molecular formula is C12H15N3O2S. The van der Waals surface area contributed by atoms with Crippen molar-refractivity contribution in [2.24, 2.45) is 0 Å². The van der Waals surface area contributed by atoms with Crippen LogP contribution < -0.4 is 0 Å². The molecule has 0 aliphatic rings. The van der Waals surface area contributed by atoms with E-state index in [1.807, 2.05) is 4.68 Å². The maximum atomic E-state index is 10.8. The van der Waals surface area contributed by atoms with Crippen LogP contribution >= 0.6 is 11.3 Å². The van der Waals surface area contributed by atoms with Crippen LogP contribution in [0.5, 0.6) is 0 Å². The number of carbonyl (C=O) groups is 1. The normalized spacial score (nSPS) is 10.8. The molecule has 0 aliphatic carbocycles. The van der Waals surface area contributed by atoms with Crippen LogP contribution in [0.15, 0.2) is 11.4 Å². The molecule has 0 saturated carbocycles. The van der Waals surface area contributed by atoms with Crippen LogP contribution in [0.4, 0.5) is 0 Å². The number of thiazole rings is 1. The molecule has 0 aromatic carbocycles. The van der Waals surface area contributed by atoms with Gasteiger partial charge in [0.25, 0.3) is 0 Å². The zero-order valence-electron chi connectivity index (χ0n) is 10.4. The maximum Gasteiger partial charge on any atom is 0.365 e. The number of carboxylic acid groups (broad SMARTS) is 1. The second-order valence-electron chi connectivity index (χ2n) is 3.94. The molecule has 6 heteroatoms. The first-order chi connectivity index (χ1) is 8.63. The predicted molar refractivity (Wildman–Crippen MR) is 69.2 cm³/mol. The smallest absolute Gasteiger partial charge is 0.365 e. The highest BCUT2D eigenvalue weighted by Crippen LogP contribution is 2.13. The van der Waals surface area contributed by atoms with Crippen molar-refractivity contribution >= 4 is 17.3 Å². The van der Waals surface area contributed by atoms with Gasteiger partial charge in [-0.3, -0.25) is 4.68 Å². The number of aromatic carboxylic acids is 1. The lowest BCUT2D eigenvalue weighted by atomic mass is 10.2. The van der Waals surface area contributed by atoms with Gasteiger partial charge in [-0.15, -0.1) is 11.3 Å². The highest BCUT2D eigenvalue weighted by Gasteiger charge is 2.11. The van der Waals surface area contributed by atoms with E-state index in [0.29, 0.717) is 6.54 Å². The molecule has 0 spiro atoms. The van der Waals surface area contributed by atoms with Gasteiger partial charge in [0.1, 0.15) is 0 Å². The van der Waals surface area contributed by atoms with Crippen molar-refractivity contribution in [2.45, 2.75) is 33.2 Å². The molecule has 18 heavy (non-hydrogen) atoms. The predicted octanol–water partition coefficient (Wildman–Crippen LogP) is 2.21. The molecule has 2 aromatic rings. The van der Waals surface area contributed by atoms with Gasteiger partial charge < -0.3 is 5.11 Å². The van der Waals surface area contributed by atoms with Gasteiger partial charge in [-0.25, -0.2) is 9.78 Å². The Morgan fingerprint density at radius 3 is 2.72 bits per heavy atom. The average Bonchev–Trinajstić information content (AvgIpc) is 2.96. The number of nitrogens with zero attached hydrogens (tertiary/aromatic N) is 3. The summed E-state index contributed by atoms with van der Waals surface area (Å²) in [4.78, 5) is 14.8. The summed E-state index contributed by atoms with van der Waals surface area (Å²) in [5.74, 6) is -0.975. The van der Waals surface area contributed by atoms with Crippen molar-refractivity contribution in [2.75, 3.05) is 0 Å². The van der Waals surface area contributed by atoms with Gasteiger partial charge in [-0.05, 0) is 18.9 Å². The standard InChI is InChI=1S/C12H15N3O2S/c1-3-8-5-10(4-2)15(14-8)6-9-7-18-11(13-9)12(16)17/h5,7H,3-4,6H2,1-2H3,(H,16,17). The van der Waals surface area contributed by atoms with E-state index in [4.69, 9.17) is 5.11 Å². The topological polar surface area (TPSA) is 68.0 Å². The minimum absolute atomic E-state index is 0.130. The number of hydrogen-bond donors (Lipinski definition) is 1. The summed E-state index contributed by atoms with van der Waals surface area (Å²) in [6.45, 7) is 4.68. The third-order valence-electron chi connectivity index (χ3n) is 2.68. The van der Waals surface area contributed by atoms with Crippen molar-refractivity contribution in [3.8, 4) is 0 Å². The van der Waals surface area contributed by atoms with E-state index in [2.05, 4.69) is 30.0 Å². The molecule has 0 saturated heterocycles. The molecule has 0 radical (unpaired) electrons. The fourth-order valence-electron chi connectivity index (χ4n) is 1.74. The molecular weight excluding hydrogens is 250 g/mol. The number of aromatic nitrogens is 3. The molecule has 0 amide bonds. The van der Waals surface area contributed by atoms with E-state index in [9.17, 15) is 4.79 Å². The van der Waals surface area contributed by atoms with Crippen LogP contribution in [0.2, 0.25) is 0 Å². The van der Waals surface area contributed by atoms with Crippen LogP contribution in [0.3, 0.4) is 0 Å². The summed E-state index contributed by atoms with van der Waals surface area (Å²) in [7, 11) is 0. The third kappa shape index (κ3) is 2.59. The average molecular weight is 265 g/mol. The Morgan fingerprint density at radius 1 is 1.39 bits per heavy atom. The Morgan fingerprint density at radius 2 is 2.17 bits per heavy atom. The van der Waals surface area contributed by atoms with Gasteiger partial charge in [0.2, 0.25) is 5.01 Å². The van der Waals surface area contributed by atoms with Gasteiger partial charge >= 0.3 is 5.97 Å². The molecule has 0 atom stereocenters. The summed E-state index contributed by atoms with van der Waals surface area (Å²) >= 11 is 1.15. The van der Waals surface area contributed by atoms with Gasteiger partial charge in [0.15, 0.2) is 0 Å². The highest BCUT2D eigenvalue weighted by atomic mass is 32.1. The molecule has 2 aromatic heterocycles. The minimum Gasteiger partial charge on any atom is -0.476 e. The molecule has 0 aliphatic heterocycles. The lowest BCUT2D eigenvalue weighted by Crippen LogP contribution is -2.07. The van der Waals surface area contributed by atoms with E-state index in [1.165, 1.54) is 0 Å². The first-order valence-electron chi connectivity index (χ1n) is 5.87. The Hall–Kier alpha value is -1.69. The zero-order valence-corrected chi connectivity index (χ0v) is 11.2. The molecule has 2 rings (SSSR count). The first kappa shape index (κ1) is 12.8. The Labute approximate surface area is 109 Å². The fourth-order valence-corrected chi connectivity index (χ4v) is 2.39. The number of hydrogen-bond acceptors (Lipinski definition) is 4. The monoisotopic (exact) mass is 265 g/mol. The van der Waals surface area contributed by atoms with Crippen molar-refractivity contribution in [1.29, 1.82) is 0 Å². The SMILES string of the molecule is CCc1cc(CC)n(Cc2csc(C(=O)O)n2)n1. The number of carboxylic acids is 1. The second-order valence-corrected chi connectivity index (χ2v) is 4.80. The zero-order chi connectivity index (χ0) is 13.1. The van der Waals surface area contributed by atoms with Crippen LogP contribution in [0, 0.1) is 0 Å². The maximum absolute atomic E-state index is 10.8. The Balaban J connectivity index is 2.21. The van der Waals surface area contributed by atoms with E-state index in [0.717, 1.165) is 41.3 Å². The molecule has 0 bridgehead atoms. The second kappa shape index (κ2) is 5.30. The van der Waals surface area contributed by atoms with Gasteiger partial charge in [-0.1, -0.05) is 13.8 Å². The van der Waals surface area contributed by atoms with Crippen molar-refractivity contribution in [3.63, 3.8) is 0 Å². The lowest BCUT2D eigenvalue weighted by molar-refractivity contribution is 0.0696. The summed E-state index contributed by atoms with van der Waals surface area (Å²) in [5, 5.41) is 15.2. The Kier molecular flexibility index (Phi) is 3.76. The fraction of sp³-hybridized carbons (Fsp3) is 0.417. The number of aryl methyl sites for hydroxylation is 2. The van der Waals surface area contributed by atoms with Crippen molar-refractivity contribution in [3.05, 3.63) is 33.5 Å². The molecule has 96 valence electrons. The van der Waals surface area contributed by atoms with E-state index >= 15 is 0 Å². The van der Waals surface area contributed by atoms with Gasteiger partial charge in [0.05, 0.1) is 17.9 Å². The van der Waals surface area contributed by atoms with Gasteiger partial charge in [0, 0.05) is 11.1 Å². The summed E-state index contributed by atoms with van der Waals surface area (Å²) in [5.41, 5.74) is 2.95. The van der Waals surface area contributed by atoms with E-state index in [1.54, 1.807) is 5.38 Å². The van der Waals surface area contributed by atoms with Crippen LogP contribution in [-0.2, 0) is 19.4 Å². The van der Waals surface area contributed by atoms with Gasteiger partial charge in [-0.2, -0.15) is 5.10 Å². The summed E-state index contributed by atoms with van der Waals surface area (Å²) in [6, 6.07) is 2.09. The van der Waals surface area contributed by atoms with Crippen molar-refractivity contribution in [1.82, 2.24) is 14.8 Å². The highest BCUT2D eigenvalue weighted by molar-refractivity contribution is 7.11. The molecule has 5 nitrogen and oxygen atoms in total. The molecule has 0 unspecified atom stereocenters. The van der Waals surface area contributed by atoms with E-state index in [-0.39, 0.29) is 5.01 Å². The van der Waals surface area contributed by atoms with Crippen LogP contribution in [-0.4, -0.2) is 25.8 Å². The lowest BCUT2D eigenvalue weighted by Gasteiger charge is -2.02. The van der Waals surface area contributed by atoms with Crippen LogP contribution in [0.25, 0.3) is 0 Å². The number of rotatable bonds is 5. The Bertz CT molecular complexity index is 559. The minimum atomic E-state index is -0.975. The van der Waals surface area contributed by atoms with E-state index < -0.39 is 5.97 Å². The largest absolute Gasteiger partial charge is 0.476 e. The molecule has 1 N–H and O–H groups in total. The summed E-state index contributed by atoms with van der Waals surface area (Å²) < 4.78 is 1.90. The molecule has 2 heterocycles. The molecule has 0 fully saturated rings. The first-order valence-corrected chi connectivity index (χ1v) is 6.75. The quantitative estimate of drug-likeness (QED) is 0.900. The summed E-state index contributed by atoms with van der Waals surface area (Å²) in [6.07, 6.45) is 1.81. The third-order valence-corrected chi connectivity index (χ3v) is 3.56. The van der Waals surface area contributed by atoms with Crippen LogP contribution in [0.1, 0.15) is 40.7 Å².